The molecule has 0 radical (unpaired) electrons. The zero-order valence-corrected chi connectivity index (χ0v) is 43.0. The Balaban J connectivity index is 1.23. The van der Waals surface area contributed by atoms with Crippen molar-refractivity contribution in [1.82, 2.24) is 43.9 Å². The van der Waals surface area contributed by atoms with E-state index >= 15 is 4.79 Å². The van der Waals surface area contributed by atoms with Gasteiger partial charge in [0.05, 0.1) is 37.6 Å². The van der Waals surface area contributed by atoms with Crippen LogP contribution in [0.25, 0.3) is 22.3 Å². The zero-order chi connectivity index (χ0) is 50.4. The molecule has 22 nitrogen and oxygen atoms in total. The van der Waals surface area contributed by atoms with E-state index < -0.39 is 68.4 Å². The molecular weight excluding hydrogens is 926 g/mol. The molecule has 2 fully saturated rings. The predicted octanol–water partition coefficient (Wildman–Crippen LogP) is 6.36. The monoisotopic (exact) mass is 1000 g/mol. The number of carbonyl (C=O) groups is 1. The van der Waals surface area contributed by atoms with Crippen molar-refractivity contribution < 1.29 is 47.0 Å². The lowest BCUT2D eigenvalue weighted by Gasteiger charge is -2.34. The van der Waals surface area contributed by atoms with Gasteiger partial charge in [0.2, 0.25) is 11.9 Å². The van der Waals surface area contributed by atoms with Gasteiger partial charge in [0, 0.05) is 39.6 Å². The molecule has 2 aliphatic rings. The molecule has 0 aliphatic carbocycles. The summed E-state index contributed by atoms with van der Waals surface area (Å²) in [5.41, 5.74) is 12.4. The second-order valence-electron chi connectivity index (χ2n) is 19.1. The van der Waals surface area contributed by atoms with Crippen LogP contribution in [0.5, 0.6) is 0 Å². The Hall–Kier alpha value is -4.12. The number of amides is 1. The number of nitrogens with zero attached hydrogens (tertiary/aromatic N) is 8. The van der Waals surface area contributed by atoms with Crippen LogP contribution in [-0.2, 0) is 42.1 Å². The third-order valence-electron chi connectivity index (χ3n) is 13.1. The molecule has 2 saturated heterocycles. The Labute approximate surface area is 410 Å². The highest BCUT2D eigenvalue weighted by molar-refractivity contribution is 7.45. The number of ether oxygens (including phenoxy) is 5. The maximum Gasteiger partial charge on any atom is 0.280 e. The van der Waals surface area contributed by atoms with Gasteiger partial charge in [0.25, 0.3) is 13.4 Å². The number of rotatable bonds is 31. The van der Waals surface area contributed by atoms with E-state index in [1.807, 2.05) is 13.8 Å². The maximum atomic E-state index is 15.1. The molecular formula is C47H77N11O11P-. The number of aromatic amines is 1. The minimum absolute atomic E-state index is 0.0171. The molecule has 5 N–H and O–H groups in total. The Morgan fingerprint density at radius 2 is 1.36 bits per heavy atom. The zero-order valence-electron chi connectivity index (χ0n) is 42.1. The van der Waals surface area contributed by atoms with Crippen LogP contribution >= 0.6 is 7.82 Å². The van der Waals surface area contributed by atoms with E-state index in [2.05, 4.69) is 36.8 Å². The average molecular weight is 1000 g/mol. The number of aromatic nitrogens is 8. The van der Waals surface area contributed by atoms with Gasteiger partial charge in [-0.2, -0.15) is 4.98 Å². The van der Waals surface area contributed by atoms with E-state index in [0.717, 1.165) is 25.7 Å². The number of unbranched alkanes of at least 4 members (excludes halogenated alkanes) is 14. The fraction of sp³-hybridized carbons (Fsp3) is 0.766. The molecule has 70 heavy (non-hydrogen) atoms. The first-order chi connectivity index (χ1) is 33.7. The SMILES string of the molecule is CCCCCCCCCCCCCCCCCN(C[C@H]1O[C@@H](n2cnc3c(=O)[nH]c(N)nc32)[C@H](OC)[C@@H]1OP(=O)([O-])OC(C)C)C(=O)C[C@H]1[C@@H](OC)[C@H](n2cnc3c(N)ncnc32)O[C@@H]1COC(C)C. The summed E-state index contributed by atoms with van der Waals surface area (Å²) in [7, 11) is -2.04. The molecule has 4 aromatic rings. The first-order valence-corrected chi connectivity index (χ1v) is 26.7. The van der Waals surface area contributed by atoms with E-state index in [4.69, 9.17) is 44.2 Å². The summed E-state index contributed by atoms with van der Waals surface area (Å²) in [6, 6.07) is 0. The number of hydrogen-bond donors (Lipinski definition) is 3. The van der Waals surface area contributed by atoms with E-state index in [9.17, 15) is 14.3 Å². The quantitative estimate of drug-likeness (QED) is 0.0365. The third-order valence-corrected chi connectivity index (χ3v) is 14.3. The van der Waals surface area contributed by atoms with Crippen molar-refractivity contribution in [2.45, 2.75) is 193 Å². The fourth-order valence-electron chi connectivity index (χ4n) is 9.61. The topological polar surface area (TPSA) is 284 Å². The smallest absolute Gasteiger partial charge is 0.280 e. The normalized spacial score (nSPS) is 23.6. The number of phosphoric ester groups is 1. The summed E-state index contributed by atoms with van der Waals surface area (Å²) in [5.74, 6) is -0.722. The van der Waals surface area contributed by atoms with E-state index in [0.29, 0.717) is 24.1 Å². The molecule has 23 heteroatoms. The molecule has 0 bridgehead atoms. The molecule has 2 aliphatic heterocycles. The lowest BCUT2D eigenvalue weighted by atomic mass is 9.93. The van der Waals surface area contributed by atoms with Crippen molar-refractivity contribution in [2.75, 3.05) is 45.4 Å². The third kappa shape index (κ3) is 14.5. The molecule has 4 aromatic heterocycles. The van der Waals surface area contributed by atoms with E-state index in [1.165, 1.54) is 88.5 Å². The van der Waals surface area contributed by atoms with Crippen molar-refractivity contribution in [1.29, 1.82) is 0 Å². The molecule has 1 amide bonds. The van der Waals surface area contributed by atoms with Gasteiger partial charge >= 0.3 is 0 Å². The molecule has 6 heterocycles. The lowest BCUT2D eigenvalue weighted by molar-refractivity contribution is -0.236. The van der Waals surface area contributed by atoms with Gasteiger partial charge in [-0.25, -0.2) is 19.9 Å². The minimum atomic E-state index is -4.99. The standard InChI is InChI=1S/C47H78N11O11P/c1-8-9-10-11-12-13-14-15-16-17-18-19-20-21-22-23-56(35(59)24-32-34(26-65-30(2)3)67-45(38(32)63-6)57-28-52-36-41(48)50-27-51-42(36)57)25-33-39(69-70(61,62)68-31(4)5)40(64-7)46(66-33)58-29-53-37-43(58)54-47(49)55-44(37)60/h27-34,38-40,45-46H,8-26H2,1-7H3,(H,61,62)(H2,48,50,51)(H3,49,54,55,60)/p-1/t32-,33-,34-,38-,39-,40-,45-,46-/m1/s1. The summed E-state index contributed by atoms with van der Waals surface area (Å²) >= 11 is 0. The number of H-pyrrole nitrogens is 1. The first-order valence-electron chi connectivity index (χ1n) is 25.2. The number of hydrogen-bond acceptors (Lipinski definition) is 18. The number of methoxy groups -OCH3 is 2. The molecule has 9 atom stereocenters. The number of imidazole rings is 2. The van der Waals surface area contributed by atoms with Crippen LogP contribution < -0.4 is 21.9 Å². The van der Waals surface area contributed by atoms with Gasteiger partial charge in [-0.05, 0) is 34.1 Å². The molecule has 6 rings (SSSR count). The van der Waals surface area contributed by atoms with Crippen LogP contribution in [0.3, 0.4) is 0 Å². The van der Waals surface area contributed by atoms with Gasteiger partial charge in [0.1, 0.15) is 36.3 Å². The van der Waals surface area contributed by atoms with Gasteiger partial charge < -0.3 is 54.0 Å². The number of phosphoric acid groups is 1. The number of carbonyl (C=O) groups excluding carboxylic acids is 1. The highest BCUT2D eigenvalue weighted by Gasteiger charge is 2.51. The first kappa shape index (κ1) is 55.2. The summed E-state index contributed by atoms with van der Waals surface area (Å²) in [5, 5.41) is 0. The Morgan fingerprint density at radius 3 is 1.96 bits per heavy atom. The van der Waals surface area contributed by atoms with Gasteiger partial charge in [-0.1, -0.05) is 96.8 Å². The number of nitrogens with one attached hydrogen (secondary N) is 1. The molecule has 0 aromatic carbocycles. The molecule has 0 spiro atoms. The van der Waals surface area contributed by atoms with Gasteiger partial charge in [-0.15, -0.1) is 0 Å². The molecule has 1 unspecified atom stereocenters. The summed E-state index contributed by atoms with van der Waals surface area (Å²) in [4.78, 5) is 67.0. The predicted molar refractivity (Wildman–Crippen MR) is 261 cm³/mol. The van der Waals surface area contributed by atoms with Crippen molar-refractivity contribution in [3.05, 3.63) is 29.3 Å². The van der Waals surface area contributed by atoms with Crippen LogP contribution in [-0.4, -0.2) is 126 Å². The second-order valence-corrected chi connectivity index (χ2v) is 20.4. The number of anilines is 2. The van der Waals surface area contributed by atoms with Crippen molar-refractivity contribution in [2.24, 2.45) is 5.92 Å². The summed E-state index contributed by atoms with van der Waals surface area (Å²) in [6.45, 7) is 9.62. The highest BCUT2D eigenvalue weighted by atomic mass is 31.2. The molecule has 392 valence electrons. The number of fused-ring (bicyclic) bond motifs is 2. The average Bonchev–Trinajstić information content (AvgIpc) is 4.09. The van der Waals surface area contributed by atoms with Crippen molar-refractivity contribution in [3.8, 4) is 0 Å². The van der Waals surface area contributed by atoms with Crippen LogP contribution in [0.4, 0.5) is 11.8 Å². The Kier molecular flexibility index (Phi) is 20.9. The van der Waals surface area contributed by atoms with Gasteiger partial charge in [0.15, 0.2) is 35.1 Å². The van der Waals surface area contributed by atoms with Gasteiger partial charge in [-0.3, -0.25) is 28.3 Å². The van der Waals surface area contributed by atoms with E-state index in [1.54, 1.807) is 36.8 Å². The Bertz CT molecular complexity index is 2350. The van der Waals surface area contributed by atoms with Crippen LogP contribution in [0.2, 0.25) is 0 Å². The van der Waals surface area contributed by atoms with Crippen LogP contribution in [0.15, 0.2) is 23.8 Å². The lowest BCUT2D eigenvalue weighted by Crippen LogP contribution is -2.46. The second kappa shape index (κ2) is 26.5. The maximum absolute atomic E-state index is 15.1. The van der Waals surface area contributed by atoms with Crippen LogP contribution in [0, 0.1) is 5.92 Å². The summed E-state index contributed by atoms with van der Waals surface area (Å²) in [6.07, 6.45) is 14.5. The van der Waals surface area contributed by atoms with Crippen molar-refractivity contribution >= 4 is 47.8 Å². The van der Waals surface area contributed by atoms with Crippen molar-refractivity contribution in [3.63, 3.8) is 0 Å². The van der Waals surface area contributed by atoms with Crippen LogP contribution in [0.1, 0.15) is 150 Å². The molecule has 0 saturated carbocycles. The summed E-state index contributed by atoms with van der Waals surface area (Å²) < 4.78 is 59.2. The van der Waals surface area contributed by atoms with E-state index in [-0.39, 0.29) is 54.5 Å². The largest absolute Gasteiger partial charge is 0.756 e. The highest BCUT2D eigenvalue weighted by Crippen LogP contribution is 2.47. The Morgan fingerprint density at radius 1 is 0.786 bits per heavy atom. The minimum Gasteiger partial charge on any atom is -0.756 e. The number of nitrogens with two attached hydrogens (primary N) is 2. The fourth-order valence-corrected chi connectivity index (χ4v) is 10.7. The number of nitrogen functional groups attached to an aromatic ring is 2.